The molecule has 82 valence electrons. The van der Waals surface area contributed by atoms with E-state index in [0.29, 0.717) is 16.6 Å². The molecule has 2 aromatic rings. The molecule has 0 saturated carbocycles. The number of hydrogen-bond acceptors (Lipinski definition) is 3. The topological polar surface area (TPSA) is 48.1 Å². The molecule has 3 nitrogen and oxygen atoms in total. The van der Waals surface area contributed by atoms with Crippen molar-refractivity contribution in [1.82, 2.24) is 4.98 Å². The molecule has 0 aliphatic rings. The normalized spacial score (nSPS) is 10.1. The van der Waals surface area contributed by atoms with Gasteiger partial charge < -0.3 is 10.5 Å². The third-order valence-corrected chi connectivity index (χ3v) is 2.61. The maximum absolute atomic E-state index is 5.95. The van der Waals surface area contributed by atoms with Gasteiger partial charge in [-0.15, -0.1) is 0 Å². The van der Waals surface area contributed by atoms with Crippen LogP contribution in [0.15, 0.2) is 36.5 Å². The molecular weight excluding hydrogens is 224 g/mol. The first kappa shape index (κ1) is 10.8. The number of rotatable bonds is 2. The highest BCUT2D eigenvalue weighted by molar-refractivity contribution is 6.33. The van der Waals surface area contributed by atoms with Crippen LogP contribution in [0.4, 0.5) is 5.69 Å². The molecule has 1 aromatic heterocycles. The van der Waals surface area contributed by atoms with Crippen LogP contribution in [0.1, 0.15) is 0 Å². The van der Waals surface area contributed by atoms with Crippen LogP contribution in [0.2, 0.25) is 5.02 Å². The SMILES string of the molecule is COc1ccc(-c2ccc(N)c(Cl)c2)cn1. The summed E-state index contributed by atoms with van der Waals surface area (Å²) in [5.74, 6) is 0.588. The predicted molar refractivity (Wildman–Crippen MR) is 65.6 cm³/mol. The van der Waals surface area contributed by atoms with Gasteiger partial charge in [0.05, 0.1) is 17.8 Å². The van der Waals surface area contributed by atoms with Crippen molar-refractivity contribution in [3.8, 4) is 17.0 Å². The molecule has 0 fully saturated rings. The fourth-order valence-corrected chi connectivity index (χ4v) is 1.56. The molecule has 0 aliphatic heterocycles. The Morgan fingerprint density at radius 3 is 2.50 bits per heavy atom. The molecule has 0 spiro atoms. The van der Waals surface area contributed by atoms with Crippen molar-refractivity contribution in [3.63, 3.8) is 0 Å². The minimum Gasteiger partial charge on any atom is -0.481 e. The second kappa shape index (κ2) is 4.41. The van der Waals surface area contributed by atoms with Crippen molar-refractivity contribution in [1.29, 1.82) is 0 Å². The number of nitrogen functional groups attached to an aromatic ring is 1. The lowest BCUT2D eigenvalue weighted by Gasteiger charge is -2.04. The van der Waals surface area contributed by atoms with E-state index in [1.54, 1.807) is 25.4 Å². The lowest BCUT2D eigenvalue weighted by Crippen LogP contribution is -1.89. The number of methoxy groups -OCH3 is 1. The molecule has 4 heteroatoms. The summed E-state index contributed by atoms with van der Waals surface area (Å²) in [7, 11) is 1.59. The number of aromatic nitrogens is 1. The van der Waals surface area contributed by atoms with E-state index in [0.717, 1.165) is 11.1 Å². The fourth-order valence-electron chi connectivity index (χ4n) is 1.38. The smallest absolute Gasteiger partial charge is 0.212 e. The van der Waals surface area contributed by atoms with Crippen LogP contribution in [-0.4, -0.2) is 12.1 Å². The summed E-state index contributed by atoms with van der Waals surface area (Å²) in [6.45, 7) is 0. The van der Waals surface area contributed by atoms with Crippen LogP contribution in [-0.2, 0) is 0 Å². The molecule has 0 aliphatic carbocycles. The Bertz CT molecular complexity index is 497. The Labute approximate surface area is 98.8 Å². The first-order valence-electron chi connectivity index (χ1n) is 4.76. The maximum atomic E-state index is 5.95. The Morgan fingerprint density at radius 2 is 1.94 bits per heavy atom. The molecule has 1 heterocycles. The summed E-state index contributed by atoms with van der Waals surface area (Å²) in [6.07, 6.45) is 1.74. The van der Waals surface area contributed by atoms with E-state index >= 15 is 0 Å². The van der Waals surface area contributed by atoms with E-state index in [2.05, 4.69) is 4.98 Å². The molecule has 0 amide bonds. The molecule has 2 N–H and O–H groups in total. The van der Waals surface area contributed by atoms with Gasteiger partial charge in [0, 0.05) is 17.8 Å². The van der Waals surface area contributed by atoms with Crippen LogP contribution < -0.4 is 10.5 Å². The second-order valence-corrected chi connectivity index (χ2v) is 3.73. The number of hydrogen-bond donors (Lipinski definition) is 1. The Hall–Kier alpha value is -1.74. The van der Waals surface area contributed by atoms with Gasteiger partial charge >= 0.3 is 0 Å². The number of ether oxygens (including phenoxy) is 1. The van der Waals surface area contributed by atoms with Gasteiger partial charge in [-0.2, -0.15) is 0 Å². The Morgan fingerprint density at radius 1 is 1.19 bits per heavy atom. The predicted octanol–water partition coefficient (Wildman–Crippen LogP) is 2.99. The Balaban J connectivity index is 2.38. The number of nitrogens with zero attached hydrogens (tertiary/aromatic N) is 1. The van der Waals surface area contributed by atoms with E-state index in [1.807, 2.05) is 18.2 Å². The molecule has 1 aromatic carbocycles. The average molecular weight is 235 g/mol. The van der Waals surface area contributed by atoms with Crippen molar-refractivity contribution in [2.75, 3.05) is 12.8 Å². The van der Waals surface area contributed by atoms with Crippen molar-refractivity contribution < 1.29 is 4.74 Å². The number of halogens is 1. The summed E-state index contributed by atoms with van der Waals surface area (Å²) in [4.78, 5) is 4.13. The quantitative estimate of drug-likeness (QED) is 0.813. The standard InChI is InChI=1S/C12H11ClN2O/c1-16-12-5-3-9(7-15-12)8-2-4-11(14)10(13)6-8/h2-7H,14H2,1H3. The number of nitrogens with two attached hydrogens (primary N) is 1. The second-order valence-electron chi connectivity index (χ2n) is 3.33. The van der Waals surface area contributed by atoms with E-state index in [-0.39, 0.29) is 0 Å². The molecular formula is C12H11ClN2O. The lowest BCUT2D eigenvalue weighted by molar-refractivity contribution is 0.398. The number of pyridine rings is 1. The molecule has 0 unspecified atom stereocenters. The summed E-state index contributed by atoms with van der Waals surface area (Å²) in [6, 6.07) is 9.24. The van der Waals surface area contributed by atoms with Crippen LogP contribution in [0.5, 0.6) is 5.88 Å². The number of benzene rings is 1. The van der Waals surface area contributed by atoms with Crippen molar-refractivity contribution in [2.45, 2.75) is 0 Å². The van der Waals surface area contributed by atoms with Gasteiger partial charge in [0.15, 0.2) is 0 Å². The van der Waals surface area contributed by atoms with E-state index < -0.39 is 0 Å². The highest BCUT2D eigenvalue weighted by Gasteiger charge is 2.02. The average Bonchev–Trinajstić information content (AvgIpc) is 2.33. The molecule has 0 bridgehead atoms. The lowest BCUT2D eigenvalue weighted by atomic mass is 10.1. The van der Waals surface area contributed by atoms with Gasteiger partial charge in [0.25, 0.3) is 0 Å². The molecule has 0 atom stereocenters. The van der Waals surface area contributed by atoms with Crippen molar-refractivity contribution in [2.24, 2.45) is 0 Å². The zero-order valence-electron chi connectivity index (χ0n) is 8.77. The van der Waals surface area contributed by atoms with Gasteiger partial charge in [0.1, 0.15) is 0 Å². The third kappa shape index (κ3) is 2.09. The summed E-state index contributed by atoms with van der Waals surface area (Å²) >= 11 is 5.95. The minimum absolute atomic E-state index is 0.549. The van der Waals surface area contributed by atoms with Crippen LogP contribution in [0.3, 0.4) is 0 Å². The van der Waals surface area contributed by atoms with Gasteiger partial charge in [-0.3, -0.25) is 0 Å². The first-order valence-corrected chi connectivity index (χ1v) is 5.14. The van der Waals surface area contributed by atoms with Gasteiger partial charge in [-0.05, 0) is 23.8 Å². The third-order valence-electron chi connectivity index (χ3n) is 2.28. The zero-order chi connectivity index (χ0) is 11.5. The maximum Gasteiger partial charge on any atom is 0.212 e. The van der Waals surface area contributed by atoms with Crippen molar-refractivity contribution >= 4 is 17.3 Å². The molecule has 0 radical (unpaired) electrons. The van der Waals surface area contributed by atoms with Crippen LogP contribution in [0, 0.1) is 0 Å². The van der Waals surface area contributed by atoms with E-state index in [4.69, 9.17) is 22.1 Å². The Kier molecular flexibility index (Phi) is 2.97. The fraction of sp³-hybridized carbons (Fsp3) is 0.0833. The van der Waals surface area contributed by atoms with Gasteiger partial charge in [-0.1, -0.05) is 17.7 Å². The molecule has 0 saturated heterocycles. The largest absolute Gasteiger partial charge is 0.481 e. The highest BCUT2D eigenvalue weighted by Crippen LogP contribution is 2.27. The van der Waals surface area contributed by atoms with Crippen LogP contribution >= 0.6 is 11.6 Å². The minimum atomic E-state index is 0.549. The molecule has 16 heavy (non-hydrogen) atoms. The van der Waals surface area contributed by atoms with Gasteiger partial charge in [-0.25, -0.2) is 4.98 Å². The number of anilines is 1. The summed E-state index contributed by atoms with van der Waals surface area (Å²) < 4.78 is 4.99. The summed E-state index contributed by atoms with van der Waals surface area (Å²) in [5.41, 5.74) is 8.18. The molecule has 2 rings (SSSR count). The zero-order valence-corrected chi connectivity index (χ0v) is 9.53. The summed E-state index contributed by atoms with van der Waals surface area (Å²) in [5, 5.41) is 0.549. The van der Waals surface area contributed by atoms with Gasteiger partial charge in [0.2, 0.25) is 5.88 Å². The highest BCUT2D eigenvalue weighted by atomic mass is 35.5. The monoisotopic (exact) mass is 234 g/mol. The van der Waals surface area contributed by atoms with E-state index in [9.17, 15) is 0 Å². The van der Waals surface area contributed by atoms with Crippen LogP contribution in [0.25, 0.3) is 11.1 Å². The first-order chi connectivity index (χ1) is 7.70. The van der Waals surface area contributed by atoms with Crippen molar-refractivity contribution in [3.05, 3.63) is 41.6 Å². The van der Waals surface area contributed by atoms with E-state index in [1.165, 1.54) is 0 Å².